The smallest absolute Gasteiger partial charge is 0.0619 e. The molecular weight excluding hydrogens is 162 g/mol. The molecule has 1 saturated heterocycles. The number of hydrogen-bond donors (Lipinski definition) is 0. The van der Waals surface area contributed by atoms with Gasteiger partial charge in [0.25, 0.3) is 0 Å². The van der Waals surface area contributed by atoms with Crippen LogP contribution in [-0.2, 0) is 4.74 Å². The van der Waals surface area contributed by atoms with E-state index in [-0.39, 0.29) is 0 Å². The Kier molecular flexibility index (Phi) is 4.74. The molecule has 1 unspecified atom stereocenters. The molecule has 0 amide bonds. The van der Waals surface area contributed by atoms with Crippen molar-refractivity contribution >= 4 is 0 Å². The molecule has 1 aliphatic heterocycles. The fourth-order valence-corrected chi connectivity index (χ4v) is 1.80. The van der Waals surface area contributed by atoms with E-state index in [1.54, 1.807) is 0 Å². The van der Waals surface area contributed by atoms with Crippen LogP contribution in [0.2, 0.25) is 0 Å². The Bertz CT molecular complexity index is 136. The van der Waals surface area contributed by atoms with Gasteiger partial charge >= 0.3 is 0 Å². The number of hydrogen-bond acceptors (Lipinski definition) is 2. The zero-order chi connectivity index (χ0) is 9.68. The zero-order valence-corrected chi connectivity index (χ0v) is 9.25. The van der Waals surface area contributed by atoms with Crippen molar-refractivity contribution in [2.45, 2.75) is 39.7 Å². The lowest BCUT2D eigenvalue weighted by molar-refractivity contribution is -0.00118. The molecule has 1 atom stereocenters. The van der Waals surface area contributed by atoms with Gasteiger partial charge in [0.05, 0.1) is 13.2 Å². The van der Waals surface area contributed by atoms with Crippen molar-refractivity contribution in [1.82, 2.24) is 4.90 Å². The van der Waals surface area contributed by atoms with Crippen LogP contribution in [-0.4, -0.2) is 37.2 Å². The summed E-state index contributed by atoms with van der Waals surface area (Å²) in [5.41, 5.74) is 0. The third-order valence-corrected chi connectivity index (χ3v) is 2.73. The van der Waals surface area contributed by atoms with Crippen LogP contribution < -0.4 is 0 Å². The Morgan fingerprint density at radius 3 is 2.85 bits per heavy atom. The molecule has 1 fully saturated rings. The van der Waals surface area contributed by atoms with Crippen molar-refractivity contribution in [2.24, 2.45) is 5.92 Å². The van der Waals surface area contributed by atoms with Crippen molar-refractivity contribution in [2.75, 3.05) is 26.3 Å². The van der Waals surface area contributed by atoms with Crippen molar-refractivity contribution in [1.29, 1.82) is 0 Å². The molecule has 1 heterocycles. The van der Waals surface area contributed by atoms with E-state index >= 15 is 0 Å². The van der Waals surface area contributed by atoms with Crippen LogP contribution in [0.4, 0.5) is 0 Å². The minimum Gasteiger partial charge on any atom is -0.379 e. The summed E-state index contributed by atoms with van der Waals surface area (Å²) in [7, 11) is 0. The fraction of sp³-hybridized carbons (Fsp3) is 1.00. The number of rotatable bonds is 4. The third kappa shape index (κ3) is 4.10. The predicted octanol–water partition coefficient (Wildman–Crippen LogP) is 2.14. The monoisotopic (exact) mass is 185 g/mol. The van der Waals surface area contributed by atoms with Crippen LogP contribution in [0, 0.1) is 5.92 Å². The summed E-state index contributed by atoms with van der Waals surface area (Å²) in [6, 6.07) is 0.626. The highest BCUT2D eigenvalue weighted by Gasteiger charge is 2.17. The van der Waals surface area contributed by atoms with E-state index in [0.717, 1.165) is 25.7 Å². The van der Waals surface area contributed by atoms with E-state index in [4.69, 9.17) is 4.74 Å². The molecule has 2 heteroatoms. The number of nitrogens with zero attached hydrogens (tertiary/aromatic N) is 1. The molecule has 0 spiro atoms. The van der Waals surface area contributed by atoms with Gasteiger partial charge in [-0.15, -0.1) is 0 Å². The molecule has 0 saturated carbocycles. The van der Waals surface area contributed by atoms with Gasteiger partial charge in [-0.1, -0.05) is 13.8 Å². The second-order valence-electron chi connectivity index (χ2n) is 4.50. The second kappa shape index (κ2) is 5.61. The van der Waals surface area contributed by atoms with Gasteiger partial charge in [0.2, 0.25) is 0 Å². The molecule has 0 aromatic carbocycles. The first-order chi connectivity index (χ1) is 6.20. The quantitative estimate of drug-likeness (QED) is 0.665. The van der Waals surface area contributed by atoms with E-state index in [9.17, 15) is 0 Å². The van der Waals surface area contributed by atoms with Gasteiger partial charge in [-0.25, -0.2) is 0 Å². The van der Waals surface area contributed by atoms with Gasteiger partial charge < -0.3 is 4.74 Å². The maximum absolute atomic E-state index is 5.40. The summed E-state index contributed by atoms with van der Waals surface area (Å²) in [6.07, 6.45) is 2.69. The van der Waals surface area contributed by atoms with Crippen LogP contribution in [0.1, 0.15) is 33.6 Å². The van der Waals surface area contributed by atoms with Crippen molar-refractivity contribution in [3.63, 3.8) is 0 Å². The SMILES string of the molecule is CC(C)CCCN1CCOCC1C. The first kappa shape index (κ1) is 11.0. The summed E-state index contributed by atoms with van der Waals surface area (Å²) in [6.45, 7) is 11.1. The Morgan fingerprint density at radius 1 is 1.46 bits per heavy atom. The predicted molar refractivity (Wildman–Crippen MR) is 55.9 cm³/mol. The zero-order valence-electron chi connectivity index (χ0n) is 9.25. The van der Waals surface area contributed by atoms with Crippen molar-refractivity contribution in [3.8, 4) is 0 Å². The van der Waals surface area contributed by atoms with Gasteiger partial charge in [-0.2, -0.15) is 0 Å². The standard InChI is InChI=1S/C11H23NO/c1-10(2)5-4-6-12-7-8-13-9-11(12)3/h10-11H,4-9H2,1-3H3. The molecule has 1 aliphatic rings. The number of morpholine rings is 1. The molecule has 0 aliphatic carbocycles. The maximum atomic E-state index is 5.40. The van der Waals surface area contributed by atoms with Crippen LogP contribution in [0.3, 0.4) is 0 Å². The Morgan fingerprint density at radius 2 is 2.23 bits per heavy atom. The first-order valence-electron chi connectivity index (χ1n) is 5.52. The maximum Gasteiger partial charge on any atom is 0.0619 e. The molecule has 13 heavy (non-hydrogen) atoms. The summed E-state index contributed by atoms with van der Waals surface area (Å²) >= 11 is 0. The lowest BCUT2D eigenvalue weighted by atomic mass is 10.1. The van der Waals surface area contributed by atoms with E-state index < -0.39 is 0 Å². The minimum atomic E-state index is 0.626. The van der Waals surface area contributed by atoms with E-state index in [2.05, 4.69) is 25.7 Å². The van der Waals surface area contributed by atoms with Gasteiger partial charge in [0.1, 0.15) is 0 Å². The molecule has 78 valence electrons. The van der Waals surface area contributed by atoms with Gasteiger partial charge in [-0.05, 0) is 32.2 Å². The number of ether oxygens (including phenoxy) is 1. The highest BCUT2D eigenvalue weighted by atomic mass is 16.5. The highest BCUT2D eigenvalue weighted by Crippen LogP contribution is 2.10. The Labute approximate surface area is 82.3 Å². The largest absolute Gasteiger partial charge is 0.379 e. The van der Waals surface area contributed by atoms with E-state index in [1.807, 2.05) is 0 Å². The van der Waals surface area contributed by atoms with Crippen LogP contribution in [0.25, 0.3) is 0 Å². The van der Waals surface area contributed by atoms with Crippen LogP contribution in [0.5, 0.6) is 0 Å². The van der Waals surface area contributed by atoms with E-state index in [0.29, 0.717) is 6.04 Å². The molecular formula is C11H23NO. The van der Waals surface area contributed by atoms with Gasteiger partial charge in [-0.3, -0.25) is 4.90 Å². The second-order valence-corrected chi connectivity index (χ2v) is 4.50. The Hall–Kier alpha value is -0.0800. The Balaban J connectivity index is 2.11. The molecule has 0 bridgehead atoms. The summed E-state index contributed by atoms with van der Waals surface area (Å²) in [5.74, 6) is 0.844. The minimum absolute atomic E-state index is 0.626. The summed E-state index contributed by atoms with van der Waals surface area (Å²) < 4.78 is 5.40. The van der Waals surface area contributed by atoms with Crippen LogP contribution in [0.15, 0.2) is 0 Å². The van der Waals surface area contributed by atoms with Crippen molar-refractivity contribution < 1.29 is 4.74 Å². The molecule has 0 aromatic heterocycles. The first-order valence-corrected chi connectivity index (χ1v) is 5.52. The lowest BCUT2D eigenvalue weighted by Crippen LogP contribution is -2.43. The van der Waals surface area contributed by atoms with E-state index in [1.165, 1.54) is 19.4 Å². The molecule has 2 nitrogen and oxygen atoms in total. The molecule has 0 aromatic rings. The summed E-state index contributed by atoms with van der Waals surface area (Å²) in [5, 5.41) is 0. The van der Waals surface area contributed by atoms with Crippen molar-refractivity contribution in [3.05, 3.63) is 0 Å². The van der Waals surface area contributed by atoms with Crippen LogP contribution >= 0.6 is 0 Å². The summed E-state index contributed by atoms with van der Waals surface area (Å²) in [4.78, 5) is 2.55. The normalized spacial score (nSPS) is 25.4. The lowest BCUT2D eigenvalue weighted by Gasteiger charge is -2.33. The fourth-order valence-electron chi connectivity index (χ4n) is 1.80. The third-order valence-electron chi connectivity index (χ3n) is 2.73. The van der Waals surface area contributed by atoms with Gasteiger partial charge in [0, 0.05) is 12.6 Å². The highest BCUT2D eigenvalue weighted by molar-refractivity contribution is 4.70. The average molecular weight is 185 g/mol. The molecule has 0 N–H and O–H groups in total. The average Bonchev–Trinajstić information content (AvgIpc) is 2.08. The topological polar surface area (TPSA) is 12.5 Å². The molecule has 1 rings (SSSR count). The van der Waals surface area contributed by atoms with Gasteiger partial charge in [0.15, 0.2) is 0 Å². The molecule has 0 radical (unpaired) electrons.